The van der Waals surface area contributed by atoms with Gasteiger partial charge in [-0.25, -0.2) is 0 Å². The molecule has 0 bridgehead atoms. The van der Waals surface area contributed by atoms with E-state index in [4.69, 9.17) is 5.73 Å². The van der Waals surface area contributed by atoms with Crippen LogP contribution in [0.15, 0.2) is 0 Å². The van der Waals surface area contributed by atoms with Gasteiger partial charge in [0.2, 0.25) is 0 Å². The first kappa shape index (κ1) is 15.3. The molecule has 1 heterocycles. The fourth-order valence-electron chi connectivity index (χ4n) is 3.84. The summed E-state index contributed by atoms with van der Waals surface area (Å²) in [4.78, 5) is 5.19. The van der Waals surface area contributed by atoms with Crippen LogP contribution in [0.1, 0.15) is 51.9 Å². The molecule has 112 valence electrons. The molecule has 2 atom stereocenters. The highest BCUT2D eigenvalue weighted by molar-refractivity contribution is 4.83. The topological polar surface area (TPSA) is 32.5 Å². The normalized spacial score (nSPS) is 31.6. The van der Waals surface area contributed by atoms with Crippen molar-refractivity contribution in [2.24, 2.45) is 11.7 Å². The molecule has 2 rings (SSSR count). The summed E-state index contributed by atoms with van der Waals surface area (Å²) in [6.45, 7) is 7.26. The molecule has 0 radical (unpaired) electrons. The second kappa shape index (κ2) is 7.61. The highest BCUT2D eigenvalue weighted by Gasteiger charge is 2.26. The largest absolute Gasteiger partial charge is 0.327 e. The molecule has 0 amide bonds. The third-order valence-electron chi connectivity index (χ3n) is 5.37. The van der Waals surface area contributed by atoms with Crippen LogP contribution in [0.5, 0.6) is 0 Å². The van der Waals surface area contributed by atoms with Crippen LogP contribution in [-0.4, -0.2) is 55.1 Å². The molecule has 1 aliphatic carbocycles. The summed E-state index contributed by atoms with van der Waals surface area (Å²) < 4.78 is 0. The Morgan fingerprint density at radius 1 is 1.05 bits per heavy atom. The van der Waals surface area contributed by atoms with Gasteiger partial charge in [-0.2, -0.15) is 0 Å². The van der Waals surface area contributed by atoms with E-state index in [1.807, 2.05) is 0 Å². The standard InChI is InChI=1S/C16H33N3/c1-3-19-11-9-15(10-12-19)18(2)13-14-7-5-4-6-8-16(14)17/h14-16H,3-13,17H2,1-2H3. The quantitative estimate of drug-likeness (QED) is 0.793. The minimum Gasteiger partial charge on any atom is -0.327 e. The van der Waals surface area contributed by atoms with Gasteiger partial charge in [0, 0.05) is 18.6 Å². The van der Waals surface area contributed by atoms with Crippen molar-refractivity contribution in [1.82, 2.24) is 9.80 Å². The van der Waals surface area contributed by atoms with Gasteiger partial charge < -0.3 is 15.5 Å². The van der Waals surface area contributed by atoms with E-state index in [2.05, 4.69) is 23.8 Å². The molecule has 2 unspecified atom stereocenters. The van der Waals surface area contributed by atoms with Crippen LogP contribution in [0, 0.1) is 5.92 Å². The smallest absolute Gasteiger partial charge is 0.0117 e. The fraction of sp³-hybridized carbons (Fsp3) is 1.00. The monoisotopic (exact) mass is 267 g/mol. The summed E-state index contributed by atoms with van der Waals surface area (Å²) in [7, 11) is 2.32. The van der Waals surface area contributed by atoms with Crippen LogP contribution in [0.4, 0.5) is 0 Å². The Labute approximate surface area is 119 Å². The molecular weight excluding hydrogens is 234 g/mol. The van der Waals surface area contributed by atoms with Gasteiger partial charge in [-0.3, -0.25) is 0 Å². The van der Waals surface area contributed by atoms with Crippen molar-refractivity contribution in [3.8, 4) is 0 Å². The molecular formula is C16H33N3. The van der Waals surface area contributed by atoms with Crippen molar-refractivity contribution in [1.29, 1.82) is 0 Å². The zero-order valence-electron chi connectivity index (χ0n) is 13.0. The van der Waals surface area contributed by atoms with E-state index in [0.717, 1.165) is 12.0 Å². The van der Waals surface area contributed by atoms with Gasteiger partial charge in [-0.15, -0.1) is 0 Å². The van der Waals surface area contributed by atoms with Gasteiger partial charge in [0.15, 0.2) is 0 Å². The second-order valence-electron chi connectivity index (χ2n) is 6.67. The van der Waals surface area contributed by atoms with Gasteiger partial charge in [-0.05, 0) is 58.3 Å². The maximum Gasteiger partial charge on any atom is 0.0117 e. The van der Waals surface area contributed by atoms with Gasteiger partial charge in [0.1, 0.15) is 0 Å². The molecule has 1 saturated heterocycles. The third kappa shape index (κ3) is 4.44. The Morgan fingerprint density at radius 2 is 1.74 bits per heavy atom. The summed E-state index contributed by atoms with van der Waals surface area (Å²) in [5.74, 6) is 0.733. The van der Waals surface area contributed by atoms with E-state index in [1.165, 1.54) is 71.1 Å². The zero-order chi connectivity index (χ0) is 13.7. The number of nitrogens with zero attached hydrogens (tertiary/aromatic N) is 2. The van der Waals surface area contributed by atoms with Crippen LogP contribution >= 0.6 is 0 Å². The van der Waals surface area contributed by atoms with Crippen LogP contribution in [-0.2, 0) is 0 Å². The Morgan fingerprint density at radius 3 is 2.42 bits per heavy atom. The molecule has 0 aromatic carbocycles. The Kier molecular flexibility index (Phi) is 6.11. The Bertz CT molecular complexity index is 248. The van der Waals surface area contributed by atoms with Crippen molar-refractivity contribution < 1.29 is 0 Å². The number of piperidine rings is 1. The lowest BCUT2D eigenvalue weighted by Gasteiger charge is -2.38. The number of nitrogens with two attached hydrogens (primary N) is 1. The first-order chi connectivity index (χ1) is 9.20. The van der Waals surface area contributed by atoms with Gasteiger partial charge >= 0.3 is 0 Å². The summed E-state index contributed by atoms with van der Waals surface area (Å²) in [6.07, 6.45) is 9.39. The van der Waals surface area contributed by atoms with Crippen molar-refractivity contribution in [3.63, 3.8) is 0 Å². The molecule has 3 heteroatoms. The van der Waals surface area contributed by atoms with Crippen LogP contribution in [0.2, 0.25) is 0 Å². The summed E-state index contributed by atoms with van der Waals surface area (Å²) >= 11 is 0. The van der Waals surface area contributed by atoms with E-state index in [9.17, 15) is 0 Å². The van der Waals surface area contributed by atoms with Crippen molar-refractivity contribution >= 4 is 0 Å². The van der Waals surface area contributed by atoms with Gasteiger partial charge in [0.25, 0.3) is 0 Å². The van der Waals surface area contributed by atoms with E-state index < -0.39 is 0 Å². The average Bonchev–Trinajstić information content (AvgIpc) is 2.64. The lowest BCUT2D eigenvalue weighted by Crippen LogP contribution is -2.46. The van der Waals surface area contributed by atoms with Gasteiger partial charge in [-0.1, -0.05) is 26.2 Å². The summed E-state index contributed by atoms with van der Waals surface area (Å²) in [5, 5.41) is 0. The molecule has 2 N–H and O–H groups in total. The van der Waals surface area contributed by atoms with Crippen molar-refractivity contribution in [2.45, 2.75) is 64.0 Å². The Hall–Kier alpha value is -0.120. The van der Waals surface area contributed by atoms with Crippen LogP contribution in [0.25, 0.3) is 0 Å². The highest BCUT2D eigenvalue weighted by Crippen LogP contribution is 2.24. The number of hydrogen-bond donors (Lipinski definition) is 1. The van der Waals surface area contributed by atoms with Crippen molar-refractivity contribution in [3.05, 3.63) is 0 Å². The van der Waals surface area contributed by atoms with E-state index in [0.29, 0.717) is 6.04 Å². The van der Waals surface area contributed by atoms with E-state index >= 15 is 0 Å². The molecule has 0 aromatic rings. The maximum absolute atomic E-state index is 6.37. The minimum absolute atomic E-state index is 0.445. The zero-order valence-corrected chi connectivity index (χ0v) is 13.0. The highest BCUT2D eigenvalue weighted by atomic mass is 15.2. The predicted molar refractivity (Wildman–Crippen MR) is 82.3 cm³/mol. The number of rotatable bonds is 4. The minimum atomic E-state index is 0.445. The summed E-state index contributed by atoms with van der Waals surface area (Å²) in [6, 6.07) is 1.24. The average molecular weight is 267 g/mol. The molecule has 1 saturated carbocycles. The van der Waals surface area contributed by atoms with Crippen LogP contribution < -0.4 is 5.73 Å². The Balaban J connectivity index is 1.78. The van der Waals surface area contributed by atoms with E-state index in [-0.39, 0.29) is 0 Å². The second-order valence-corrected chi connectivity index (χ2v) is 6.67. The van der Waals surface area contributed by atoms with Crippen molar-refractivity contribution in [2.75, 3.05) is 33.2 Å². The number of likely N-dealkylation sites (tertiary alicyclic amines) is 1. The molecule has 0 spiro atoms. The molecule has 0 aromatic heterocycles. The SMILES string of the molecule is CCN1CCC(N(C)CC2CCCCCC2N)CC1. The summed E-state index contributed by atoms with van der Waals surface area (Å²) in [5.41, 5.74) is 6.37. The first-order valence-corrected chi connectivity index (χ1v) is 8.39. The maximum atomic E-state index is 6.37. The van der Waals surface area contributed by atoms with E-state index in [1.54, 1.807) is 0 Å². The first-order valence-electron chi connectivity index (χ1n) is 8.39. The van der Waals surface area contributed by atoms with Gasteiger partial charge in [0.05, 0.1) is 0 Å². The fourth-order valence-corrected chi connectivity index (χ4v) is 3.84. The molecule has 3 nitrogen and oxygen atoms in total. The predicted octanol–water partition coefficient (Wildman–Crippen LogP) is 2.31. The van der Waals surface area contributed by atoms with Crippen LogP contribution in [0.3, 0.4) is 0 Å². The molecule has 2 fully saturated rings. The molecule has 1 aliphatic heterocycles. The third-order valence-corrected chi connectivity index (χ3v) is 5.37. The lowest BCUT2D eigenvalue weighted by atomic mass is 9.93. The number of hydrogen-bond acceptors (Lipinski definition) is 3. The molecule has 19 heavy (non-hydrogen) atoms. The molecule has 2 aliphatic rings. The lowest BCUT2D eigenvalue weighted by molar-refractivity contribution is 0.112.